The van der Waals surface area contributed by atoms with Crippen molar-refractivity contribution in [3.63, 3.8) is 0 Å². The lowest BCUT2D eigenvalue weighted by molar-refractivity contribution is 0.284. The molecule has 0 bridgehead atoms. The van der Waals surface area contributed by atoms with Gasteiger partial charge >= 0.3 is 0 Å². The quantitative estimate of drug-likeness (QED) is 0.445. The number of fused-ring (bicyclic) bond motifs is 2. The molecule has 2 aromatic carbocycles. The van der Waals surface area contributed by atoms with E-state index < -0.39 is 0 Å². The molecule has 144 valence electrons. The van der Waals surface area contributed by atoms with Crippen LogP contribution in [0, 0.1) is 0 Å². The van der Waals surface area contributed by atoms with Crippen LogP contribution in [0.3, 0.4) is 0 Å². The maximum Gasteiger partial charge on any atom is 0.294 e. The van der Waals surface area contributed by atoms with Crippen molar-refractivity contribution in [2.24, 2.45) is 5.73 Å². The minimum atomic E-state index is -0.130. The van der Waals surface area contributed by atoms with Gasteiger partial charge in [0, 0.05) is 46.5 Å². The molecule has 0 saturated carbocycles. The van der Waals surface area contributed by atoms with Gasteiger partial charge in [-0.1, -0.05) is 46.8 Å². The van der Waals surface area contributed by atoms with Crippen LogP contribution in [0.2, 0.25) is 0 Å². The fourth-order valence-electron chi connectivity index (χ4n) is 3.42. The van der Waals surface area contributed by atoms with Crippen molar-refractivity contribution in [3.05, 3.63) is 72.7 Å². The third kappa shape index (κ3) is 3.70. The van der Waals surface area contributed by atoms with Crippen molar-refractivity contribution in [3.8, 4) is 15.8 Å². The number of rotatable bonds is 6. The van der Waals surface area contributed by atoms with E-state index in [9.17, 15) is 0 Å². The van der Waals surface area contributed by atoms with Crippen LogP contribution < -0.4 is 10.5 Å². The highest BCUT2D eigenvalue weighted by Gasteiger charge is 2.12. The van der Waals surface area contributed by atoms with Crippen molar-refractivity contribution in [1.29, 1.82) is 0 Å². The highest BCUT2D eigenvalue weighted by Crippen LogP contribution is 2.30. The number of nitrogens with one attached hydrogen (secondary N) is 1. The molecule has 0 aliphatic carbocycles. The number of nitrogens with two attached hydrogens (primary N) is 1. The molecule has 1 atom stereocenters. The van der Waals surface area contributed by atoms with E-state index in [4.69, 9.17) is 10.5 Å². The van der Waals surface area contributed by atoms with E-state index in [1.165, 1.54) is 22.3 Å². The Morgan fingerprint density at radius 3 is 2.97 bits per heavy atom. The molecule has 3 N–H and O–H groups in total. The third-order valence-corrected chi connectivity index (χ3v) is 5.76. The molecule has 3 aromatic heterocycles. The second kappa shape index (κ2) is 7.62. The van der Waals surface area contributed by atoms with Gasteiger partial charge in [-0.15, -0.1) is 5.10 Å². The summed E-state index contributed by atoms with van der Waals surface area (Å²) in [6, 6.07) is 16.2. The first-order valence-electron chi connectivity index (χ1n) is 9.37. The molecule has 0 spiro atoms. The van der Waals surface area contributed by atoms with Gasteiger partial charge in [0.15, 0.2) is 5.01 Å². The van der Waals surface area contributed by atoms with Crippen LogP contribution in [0.5, 0.6) is 5.19 Å². The van der Waals surface area contributed by atoms with E-state index in [1.54, 1.807) is 6.20 Å². The topological polar surface area (TPSA) is 89.7 Å². The Hall–Kier alpha value is -3.29. The molecule has 5 aromatic rings. The van der Waals surface area contributed by atoms with Gasteiger partial charge in [0.25, 0.3) is 5.19 Å². The Balaban J connectivity index is 1.25. The molecule has 0 fully saturated rings. The van der Waals surface area contributed by atoms with Gasteiger partial charge in [-0.2, -0.15) is 0 Å². The summed E-state index contributed by atoms with van der Waals surface area (Å²) in [5.41, 5.74) is 9.62. The molecule has 6 nitrogen and oxygen atoms in total. The van der Waals surface area contributed by atoms with Crippen LogP contribution in [-0.4, -0.2) is 32.8 Å². The Bertz CT molecular complexity index is 1280. The van der Waals surface area contributed by atoms with Gasteiger partial charge in [0.05, 0.1) is 0 Å². The monoisotopic (exact) mass is 401 g/mol. The first-order chi connectivity index (χ1) is 14.3. The summed E-state index contributed by atoms with van der Waals surface area (Å²) < 4.78 is 5.82. The summed E-state index contributed by atoms with van der Waals surface area (Å²) in [6.07, 6.45) is 6.38. The van der Waals surface area contributed by atoms with Gasteiger partial charge in [0.1, 0.15) is 6.61 Å². The molecule has 29 heavy (non-hydrogen) atoms. The van der Waals surface area contributed by atoms with Crippen LogP contribution in [0.4, 0.5) is 0 Å². The molecule has 0 saturated heterocycles. The van der Waals surface area contributed by atoms with E-state index in [0.29, 0.717) is 11.8 Å². The largest absolute Gasteiger partial charge is 0.467 e. The molecule has 3 heterocycles. The molecule has 0 aliphatic rings. The lowest BCUT2D eigenvalue weighted by Crippen LogP contribution is -2.30. The second-order valence-electron chi connectivity index (χ2n) is 6.95. The van der Waals surface area contributed by atoms with Gasteiger partial charge in [-0.05, 0) is 35.6 Å². The van der Waals surface area contributed by atoms with Gasteiger partial charge in [-0.3, -0.25) is 4.98 Å². The molecule has 0 unspecified atom stereocenters. The van der Waals surface area contributed by atoms with Crippen molar-refractivity contribution in [2.45, 2.75) is 12.5 Å². The highest BCUT2D eigenvalue weighted by atomic mass is 32.1. The highest BCUT2D eigenvalue weighted by molar-refractivity contribution is 7.16. The number of hydrogen-bond donors (Lipinski definition) is 2. The van der Waals surface area contributed by atoms with Crippen LogP contribution >= 0.6 is 11.3 Å². The van der Waals surface area contributed by atoms with E-state index in [1.807, 2.05) is 42.7 Å². The number of nitrogens with zero attached hydrogens (tertiary/aromatic N) is 3. The summed E-state index contributed by atoms with van der Waals surface area (Å²) in [7, 11) is 0. The molecule has 0 aliphatic heterocycles. The van der Waals surface area contributed by atoms with E-state index >= 15 is 0 Å². The Kier molecular flexibility index (Phi) is 4.67. The zero-order chi connectivity index (χ0) is 19.6. The summed E-state index contributed by atoms with van der Waals surface area (Å²) in [4.78, 5) is 7.43. The lowest BCUT2D eigenvalue weighted by Gasteiger charge is -2.10. The smallest absolute Gasteiger partial charge is 0.294 e. The normalized spacial score (nSPS) is 12.4. The predicted octanol–water partition coefficient (Wildman–Crippen LogP) is 4.18. The molecule has 5 rings (SSSR count). The molecular formula is C22H19N5OS. The van der Waals surface area contributed by atoms with Gasteiger partial charge in [0.2, 0.25) is 0 Å². The standard InChI is InChI=1S/C22H19N5OS/c23-18(10-17-12-25-20-4-2-1-3-19(17)20)13-28-22-27-26-21(29-22)15-5-6-16-11-24-8-7-14(16)9-15/h1-9,11-12,18,25H,10,13,23H2/t18-/m0/s1. The number of aromatic nitrogens is 4. The summed E-state index contributed by atoms with van der Waals surface area (Å²) >= 11 is 1.43. The van der Waals surface area contributed by atoms with E-state index in [0.717, 1.165) is 33.3 Å². The number of para-hydroxylation sites is 1. The van der Waals surface area contributed by atoms with E-state index in [2.05, 4.69) is 38.4 Å². The summed E-state index contributed by atoms with van der Waals surface area (Å²) in [6.45, 7) is 0.386. The Labute approximate surface area is 171 Å². The molecule has 0 radical (unpaired) electrons. The minimum absolute atomic E-state index is 0.130. The fraction of sp³-hybridized carbons (Fsp3) is 0.136. The lowest BCUT2D eigenvalue weighted by atomic mass is 10.1. The number of hydrogen-bond acceptors (Lipinski definition) is 6. The number of pyridine rings is 1. The number of benzene rings is 2. The third-order valence-electron chi connectivity index (χ3n) is 4.87. The maximum absolute atomic E-state index is 6.30. The summed E-state index contributed by atoms with van der Waals surface area (Å²) in [5.74, 6) is 0. The van der Waals surface area contributed by atoms with Crippen molar-refractivity contribution in [1.82, 2.24) is 20.2 Å². The van der Waals surface area contributed by atoms with Crippen LogP contribution in [0.15, 0.2) is 67.1 Å². The van der Waals surface area contributed by atoms with Gasteiger partial charge < -0.3 is 15.5 Å². The molecule has 0 amide bonds. The Morgan fingerprint density at radius 2 is 2.00 bits per heavy atom. The minimum Gasteiger partial charge on any atom is -0.467 e. The first kappa shape index (κ1) is 17.8. The Morgan fingerprint density at radius 1 is 1.07 bits per heavy atom. The summed E-state index contributed by atoms with van der Waals surface area (Å²) in [5, 5.41) is 13.2. The second-order valence-corrected chi connectivity index (χ2v) is 7.89. The number of ether oxygens (including phenoxy) is 1. The maximum atomic E-state index is 6.30. The van der Waals surface area contributed by atoms with Crippen molar-refractivity contribution >= 4 is 33.0 Å². The zero-order valence-corrected chi connectivity index (χ0v) is 16.4. The predicted molar refractivity (Wildman–Crippen MR) is 116 cm³/mol. The average Bonchev–Trinajstić information content (AvgIpc) is 3.40. The van der Waals surface area contributed by atoms with Crippen LogP contribution in [-0.2, 0) is 6.42 Å². The van der Waals surface area contributed by atoms with Crippen molar-refractivity contribution < 1.29 is 4.74 Å². The number of aromatic amines is 1. The first-order valence-corrected chi connectivity index (χ1v) is 10.2. The average molecular weight is 401 g/mol. The SMILES string of the molecule is N[C@H](COc1nnc(-c2ccc3cnccc3c2)s1)Cc1c[nH]c2ccccc12. The van der Waals surface area contributed by atoms with Crippen LogP contribution in [0.25, 0.3) is 32.2 Å². The zero-order valence-electron chi connectivity index (χ0n) is 15.6. The van der Waals surface area contributed by atoms with Crippen LogP contribution in [0.1, 0.15) is 5.56 Å². The molecular weight excluding hydrogens is 382 g/mol. The molecule has 7 heteroatoms. The van der Waals surface area contributed by atoms with E-state index in [-0.39, 0.29) is 6.04 Å². The number of H-pyrrole nitrogens is 1. The fourth-order valence-corrected chi connectivity index (χ4v) is 4.12. The van der Waals surface area contributed by atoms with Gasteiger partial charge in [-0.25, -0.2) is 0 Å². The van der Waals surface area contributed by atoms with Crippen molar-refractivity contribution in [2.75, 3.05) is 6.61 Å².